The van der Waals surface area contributed by atoms with E-state index in [-0.39, 0.29) is 19.8 Å². The third-order valence-corrected chi connectivity index (χ3v) is 11.0. The highest BCUT2D eigenvalue weighted by Gasteiger charge is 2.51. The van der Waals surface area contributed by atoms with Crippen LogP contribution < -0.4 is 26.2 Å². The summed E-state index contributed by atoms with van der Waals surface area (Å²) in [4.78, 5) is 41.1. The molecule has 1 aliphatic rings. The van der Waals surface area contributed by atoms with E-state index < -0.39 is 53.5 Å². The van der Waals surface area contributed by atoms with Crippen molar-refractivity contribution in [2.45, 2.75) is 76.8 Å². The number of aryl methyl sites for hydroxylation is 1. The molecule has 310 valence electrons. The van der Waals surface area contributed by atoms with Gasteiger partial charge in [-0.25, -0.2) is 9.59 Å². The molecule has 1 saturated heterocycles. The zero-order chi connectivity index (χ0) is 42.4. The van der Waals surface area contributed by atoms with Gasteiger partial charge in [-0.05, 0) is 86.6 Å². The summed E-state index contributed by atoms with van der Waals surface area (Å²) in [5.74, 6) is 1.32. The number of benzene rings is 4. The summed E-state index contributed by atoms with van der Waals surface area (Å²) in [7, 11) is 4.12. The van der Waals surface area contributed by atoms with Crippen LogP contribution in [0.2, 0.25) is 0 Å². The van der Waals surface area contributed by atoms with Crippen molar-refractivity contribution in [3.8, 4) is 11.5 Å². The highest BCUT2D eigenvalue weighted by molar-refractivity contribution is 6.62. The molecule has 1 fully saturated rings. The predicted molar refractivity (Wildman–Crippen MR) is 222 cm³/mol. The molecule has 2 atom stereocenters. The van der Waals surface area contributed by atoms with Crippen LogP contribution in [0.25, 0.3) is 0 Å². The quantitative estimate of drug-likeness (QED) is 0.0722. The van der Waals surface area contributed by atoms with Gasteiger partial charge in [0.05, 0.1) is 38.6 Å². The first-order valence-electron chi connectivity index (χ1n) is 19.3. The van der Waals surface area contributed by atoms with Crippen LogP contribution in [0, 0.1) is 6.92 Å². The van der Waals surface area contributed by atoms with Crippen LogP contribution in [0.3, 0.4) is 0 Å². The number of nitrogens with one attached hydrogen (secondary N) is 1. The lowest BCUT2D eigenvalue weighted by Crippen LogP contribution is -2.45. The number of H-pyrrole nitrogens is 1. The average molecular weight is 807 g/mol. The Hall–Kier alpha value is -5.67. The van der Waals surface area contributed by atoms with Gasteiger partial charge in [0.15, 0.2) is 6.10 Å². The van der Waals surface area contributed by atoms with E-state index in [1.165, 1.54) is 17.9 Å². The third kappa shape index (κ3) is 9.47. The number of carbonyl (C=O) groups excluding carboxylic acids is 1. The number of carbonyl (C=O) groups is 1. The van der Waals surface area contributed by atoms with E-state index in [1.807, 2.05) is 131 Å². The molecule has 4 aromatic carbocycles. The molecular weight excluding hydrogens is 755 g/mol. The molecule has 0 radical (unpaired) electrons. The minimum Gasteiger partial charge on any atom is -0.497 e. The Bertz CT molecular complexity index is 2230. The van der Waals surface area contributed by atoms with Gasteiger partial charge in [-0.2, -0.15) is 0 Å². The number of rotatable bonds is 16. The molecule has 0 saturated carbocycles. The second-order valence-corrected chi connectivity index (χ2v) is 15.3. The summed E-state index contributed by atoms with van der Waals surface area (Å²) < 4.78 is 49.2. The van der Waals surface area contributed by atoms with E-state index in [0.717, 1.165) is 22.2 Å². The highest BCUT2D eigenvalue weighted by Crippen LogP contribution is 2.42. The summed E-state index contributed by atoms with van der Waals surface area (Å²) in [6.07, 6.45) is -1.69. The molecule has 6 rings (SSSR count). The van der Waals surface area contributed by atoms with Crippen molar-refractivity contribution in [2.24, 2.45) is 0 Å². The molecule has 0 amide bonds. The van der Waals surface area contributed by atoms with Crippen LogP contribution in [0.5, 0.6) is 11.5 Å². The monoisotopic (exact) mass is 806 g/mol. The van der Waals surface area contributed by atoms with E-state index in [9.17, 15) is 14.4 Å². The van der Waals surface area contributed by atoms with E-state index in [4.69, 9.17) is 37.7 Å². The van der Waals surface area contributed by atoms with Gasteiger partial charge in [0.1, 0.15) is 29.8 Å². The van der Waals surface area contributed by atoms with Crippen molar-refractivity contribution < 1.29 is 42.5 Å². The summed E-state index contributed by atoms with van der Waals surface area (Å²) >= 11 is 0. The molecule has 0 aliphatic carbocycles. The fourth-order valence-corrected chi connectivity index (χ4v) is 6.84. The standard InChI is InChI=1S/C45H51BN2O11/c1-30-26-48(41(50)47-40(30)49)27-38(57-42(51)55-28-31-14-20-35(21-15-31)46-58-43(2,3)44(4,5)59-46)39(54-8)29-56-45(32-12-10-9-11-13-32,33-16-22-36(52-6)23-17-33)34-18-24-37(53-7)25-19-34/h9-26,38-39H,27-29H2,1-8H3,(H,47,49,50)/t38-,39+/m0/s1. The van der Waals surface area contributed by atoms with Crippen molar-refractivity contribution in [3.05, 3.63) is 158 Å². The van der Waals surface area contributed by atoms with Crippen LogP contribution in [0.1, 0.15) is 55.5 Å². The first-order chi connectivity index (χ1) is 28.2. The van der Waals surface area contributed by atoms with Crippen LogP contribution >= 0.6 is 0 Å². The first-order valence-corrected chi connectivity index (χ1v) is 19.3. The maximum Gasteiger partial charge on any atom is 0.509 e. The van der Waals surface area contributed by atoms with Crippen molar-refractivity contribution in [1.29, 1.82) is 0 Å². The molecule has 59 heavy (non-hydrogen) atoms. The predicted octanol–water partition coefficient (Wildman–Crippen LogP) is 5.91. The van der Waals surface area contributed by atoms with Gasteiger partial charge in [-0.1, -0.05) is 78.9 Å². The lowest BCUT2D eigenvalue weighted by Gasteiger charge is -2.38. The third-order valence-electron chi connectivity index (χ3n) is 11.0. The fourth-order valence-electron chi connectivity index (χ4n) is 6.84. The van der Waals surface area contributed by atoms with Crippen LogP contribution in [-0.4, -0.2) is 74.2 Å². The Morgan fingerprint density at radius 3 is 1.83 bits per heavy atom. The van der Waals surface area contributed by atoms with Crippen LogP contribution in [0.15, 0.2) is 119 Å². The van der Waals surface area contributed by atoms with Crippen molar-refractivity contribution in [3.63, 3.8) is 0 Å². The van der Waals surface area contributed by atoms with Crippen molar-refractivity contribution >= 4 is 18.7 Å². The minimum atomic E-state index is -1.22. The van der Waals surface area contributed by atoms with Gasteiger partial charge >= 0.3 is 19.0 Å². The van der Waals surface area contributed by atoms with Gasteiger partial charge < -0.3 is 37.7 Å². The van der Waals surface area contributed by atoms with Crippen molar-refractivity contribution in [1.82, 2.24) is 9.55 Å². The van der Waals surface area contributed by atoms with E-state index in [1.54, 1.807) is 21.1 Å². The second-order valence-electron chi connectivity index (χ2n) is 15.3. The Kier molecular flexibility index (Phi) is 13.2. The Morgan fingerprint density at radius 2 is 1.31 bits per heavy atom. The first kappa shape index (κ1) is 42.9. The number of aromatic nitrogens is 2. The second kappa shape index (κ2) is 18.1. The molecule has 1 aromatic heterocycles. The number of hydrogen-bond donors (Lipinski definition) is 1. The van der Waals surface area contributed by atoms with E-state index >= 15 is 0 Å². The minimum absolute atomic E-state index is 0.104. The Morgan fingerprint density at radius 1 is 0.763 bits per heavy atom. The molecule has 1 aliphatic heterocycles. The topological polar surface area (TPSA) is 146 Å². The summed E-state index contributed by atoms with van der Waals surface area (Å²) in [6, 6.07) is 32.2. The average Bonchev–Trinajstić information content (AvgIpc) is 3.46. The number of hydrogen-bond acceptors (Lipinski definition) is 11. The fraction of sp³-hybridized carbons (Fsp3) is 0.356. The molecule has 0 spiro atoms. The molecule has 0 unspecified atom stereocenters. The summed E-state index contributed by atoms with van der Waals surface area (Å²) in [5, 5.41) is 0. The van der Waals surface area contributed by atoms with Gasteiger partial charge in [0, 0.05) is 18.9 Å². The largest absolute Gasteiger partial charge is 0.509 e. The SMILES string of the molecule is COc1ccc(C(OC[C@@H](OC)[C@H](Cn2cc(C)c(=O)[nH]c2=O)OC(=O)OCc2ccc(B3OC(C)(C)C(C)(C)O3)cc2)(c2ccccc2)c2ccc(OC)cc2)cc1. The molecule has 2 heterocycles. The van der Waals surface area contributed by atoms with Gasteiger partial charge in [0.25, 0.3) is 5.56 Å². The van der Waals surface area contributed by atoms with Crippen LogP contribution in [-0.2, 0) is 47.0 Å². The Labute approximate surface area is 344 Å². The van der Waals surface area contributed by atoms with Gasteiger partial charge in [-0.15, -0.1) is 0 Å². The molecule has 13 nitrogen and oxygen atoms in total. The molecule has 5 aromatic rings. The lowest BCUT2D eigenvalue weighted by molar-refractivity contribution is -0.108. The lowest BCUT2D eigenvalue weighted by atomic mass is 9.79. The van der Waals surface area contributed by atoms with Crippen molar-refractivity contribution in [2.75, 3.05) is 27.9 Å². The number of aromatic amines is 1. The summed E-state index contributed by atoms with van der Waals surface area (Å²) in [6.45, 7) is 9.10. The number of ether oxygens (including phenoxy) is 6. The highest BCUT2D eigenvalue weighted by atomic mass is 16.7. The van der Waals surface area contributed by atoms with E-state index in [0.29, 0.717) is 22.6 Å². The zero-order valence-corrected chi connectivity index (χ0v) is 34.7. The maximum atomic E-state index is 13.5. The van der Waals surface area contributed by atoms with Gasteiger partial charge in [0.2, 0.25) is 0 Å². The van der Waals surface area contributed by atoms with Crippen LogP contribution in [0.4, 0.5) is 4.79 Å². The normalized spacial score (nSPS) is 15.6. The smallest absolute Gasteiger partial charge is 0.497 e. The van der Waals surface area contributed by atoms with Gasteiger partial charge in [-0.3, -0.25) is 14.3 Å². The maximum absolute atomic E-state index is 13.5. The summed E-state index contributed by atoms with van der Waals surface area (Å²) in [5.41, 5.74) is 0.773. The molecular formula is C45H51BN2O11. The number of nitrogens with zero attached hydrogens (tertiary/aromatic N) is 1. The Balaban J connectivity index is 1.29. The zero-order valence-electron chi connectivity index (χ0n) is 34.7. The molecule has 0 bridgehead atoms. The van der Waals surface area contributed by atoms with E-state index in [2.05, 4.69) is 4.98 Å². The molecule has 14 heteroatoms. The number of methoxy groups -OCH3 is 3. The molecule has 1 N–H and O–H groups in total.